The van der Waals surface area contributed by atoms with Gasteiger partial charge in [-0.3, -0.25) is 19.1 Å². The number of anilines is 1. The largest absolute Gasteiger partial charge is 0.489 e. The fourth-order valence-electron chi connectivity index (χ4n) is 5.19. The second-order valence-electron chi connectivity index (χ2n) is 11.2. The fraction of sp³-hybridized carbons (Fsp3) is 0.229. The van der Waals surface area contributed by atoms with Gasteiger partial charge in [0.1, 0.15) is 30.3 Å². The van der Waals surface area contributed by atoms with Gasteiger partial charge in [-0.1, -0.05) is 0 Å². The van der Waals surface area contributed by atoms with Crippen molar-refractivity contribution in [2.45, 2.75) is 32.7 Å². The Morgan fingerprint density at radius 1 is 1.02 bits per heavy atom. The van der Waals surface area contributed by atoms with Crippen molar-refractivity contribution in [2.75, 3.05) is 25.1 Å². The van der Waals surface area contributed by atoms with Crippen molar-refractivity contribution in [1.29, 1.82) is 5.26 Å². The van der Waals surface area contributed by atoms with Crippen LogP contribution in [0.5, 0.6) is 28.7 Å². The Balaban J connectivity index is 1.28. The summed E-state index contributed by atoms with van der Waals surface area (Å²) in [4.78, 5) is 44.2. The Morgan fingerprint density at radius 3 is 2.49 bits per heavy atom. The fourth-order valence-corrected chi connectivity index (χ4v) is 5.19. The van der Waals surface area contributed by atoms with Gasteiger partial charge in [-0.25, -0.2) is 18.1 Å². The average Bonchev–Trinajstić information content (AvgIpc) is 3.08. The number of amides is 1. The number of carbonyl (C=O) groups excluding carboxylic acids is 1. The lowest BCUT2D eigenvalue weighted by Crippen LogP contribution is -2.42. The van der Waals surface area contributed by atoms with Crippen LogP contribution in [0.15, 0.2) is 76.6 Å². The molecule has 3 aromatic carbocycles. The van der Waals surface area contributed by atoms with Gasteiger partial charge in [0.05, 0.1) is 29.3 Å². The topological polar surface area (TPSA) is 147 Å². The van der Waals surface area contributed by atoms with Crippen LogP contribution in [0, 0.1) is 23.0 Å². The summed E-state index contributed by atoms with van der Waals surface area (Å²) in [5.41, 5.74) is -1.50. The first-order valence-corrected chi connectivity index (χ1v) is 15.3. The molecule has 0 aliphatic carbocycles. The Hall–Kier alpha value is -6.23. The molecule has 0 saturated carbocycles. The van der Waals surface area contributed by atoms with Gasteiger partial charge in [-0.15, -0.1) is 0 Å². The number of hydrogen-bond donors (Lipinski definition) is 1. The predicted octanol–water partition coefficient (Wildman–Crippen LogP) is 5.90. The zero-order chi connectivity index (χ0) is 34.7. The molecule has 14 heteroatoms. The molecule has 250 valence electrons. The second-order valence-corrected chi connectivity index (χ2v) is 11.2. The number of nitriles is 1. The molecular formula is C35H29F2N5O7. The van der Waals surface area contributed by atoms with E-state index in [4.69, 9.17) is 24.2 Å². The number of hydrogen-bond acceptors (Lipinski definition) is 9. The minimum Gasteiger partial charge on any atom is -0.489 e. The Kier molecular flexibility index (Phi) is 9.25. The van der Waals surface area contributed by atoms with E-state index in [1.54, 1.807) is 26.0 Å². The number of rotatable bonds is 10. The summed E-state index contributed by atoms with van der Waals surface area (Å²) in [5, 5.41) is 11.7. The zero-order valence-electron chi connectivity index (χ0n) is 26.4. The van der Waals surface area contributed by atoms with Gasteiger partial charge in [0.2, 0.25) is 5.75 Å². The Bertz CT molecular complexity index is 2230. The number of halogens is 2. The minimum absolute atomic E-state index is 0.0109. The number of nitrogens with zero attached hydrogens (tertiary/aromatic N) is 4. The first-order chi connectivity index (χ1) is 23.7. The molecule has 1 N–H and O–H groups in total. The monoisotopic (exact) mass is 669 g/mol. The van der Waals surface area contributed by atoms with Gasteiger partial charge < -0.3 is 24.3 Å². The van der Waals surface area contributed by atoms with E-state index in [1.807, 2.05) is 0 Å². The first-order valence-electron chi connectivity index (χ1n) is 15.3. The summed E-state index contributed by atoms with van der Waals surface area (Å²) in [6.07, 6.45) is 3.48. The van der Waals surface area contributed by atoms with Gasteiger partial charge in [0, 0.05) is 42.7 Å². The maximum Gasteiger partial charge on any atom is 0.335 e. The highest BCUT2D eigenvalue weighted by Gasteiger charge is 2.25. The third-order valence-corrected chi connectivity index (χ3v) is 7.54. The number of pyridine rings is 1. The van der Waals surface area contributed by atoms with Crippen LogP contribution in [0.3, 0.4) is 0 Å². The zero-order valence-corrected chi connectivity index (χ0v) is 26.4. The van der Waals surface area contributed by atoms with E-state index < -0.39 is 34.8 Å². The molecule has 12 nitrogen and oxygen atoms in total. The summed E-state index contributed by atoms with van der Waals surface area (Å²) in [5.74, 6) is -1.19. The first kappa shape index (κ1) is 32.7. The number of unbranched alkanes of at least 4 members (excludes halogenated alkanes) is 1. The number of fused-ring (bicyclic) bond motifs is 3. The lowest BCUT2D eigenvalue weighted by molar-refractivity contribution is 0.102. The van der Waals surface area contributed by atoms with E-state index in [-0.39, 0.29) is 48.3 Å². The molecule has 3 heterocycles. The molecule has 0 atom stereocenters. The highest BCUT2D eigenvalue weighted by atomic mass is 19.1. The molecule has 0 fully saturated rings. The lowest BCUT2D eigenvalue weighted by atomic mass is 10.1. The van der Waals surface area contributed by atoms with Crippen LogP contribution in [0.25, 0.3) is 16.6 Å². The van der Waals surface area contributed by atoms with Crippen molar-refractivity contribution in [3.63, 3.8) is 0 Å². The normalized spacial score (nSPS) is 12.1. The maximum atomic E-state index is 15.5. The molecule has 2 aromatic heterocycles. The van der Waals surface area contributed by atoms with Crippen LogP contribution in [0.2, 0.25) is 0 Å². The lowest BCUT2D eigenvalue weighted by Gasteiger charge is -2.23. The van der Waals surface area contributed by atoms with Gasteiger partial charge in [0.15, 0.2) is 23.1 Å². The molecule has 0 spiro atoms. The summed E-state index contributed by atoms with van der Waals surface area (Å²) in [7, 11) is 0. The highest BCUT2D eigenvalue weighted by Crippen LogP contribution is 2.48. The van der Waals surface area contributed by atoms with Crippen molar-refractivity contribution in [3.8, 4) is 40.5 Å². The highest BCUT2D eigenvalue weighted by molar-refractivity contribution is 6.04. The van der Waals surface area contributed by atoms with Crippen molar-refractivity contribution in [1.82, 2.24) is 14.1 Å². The van der Waals surface area contributed by atoms with Crippen molar-refractivity contribution >= 4 is 22.5 Å². The van der Waals surface area contributed by atoms with Crippen molar-refractivity contribution < 1.29 is 32.5 Å². The molecule has 0 bridgehead atoms. The predicted molar refractivity (Wildman–Crippen MR) is 174 cm³/mol. The summed E-state index contributed by atoms with van der Waals surface area (Å²) < 4.78 is 54.6. The van der Waals surface area contributed by atoms with Crippen LogP contribution >= 0.6 is 0 Å². The van der Waals surface area contributed by atoms with Crippen LogP contribution in [0.1, 0.15) is 43.1 Å². The van der Waals surface area contributed by atoms with E-state index >= 15 is 4.39 Å². The number of ether oxygens (including phenoxy) is 4. The molecule has 5 aromatic rings. The van der Waals surface area contributed by atoms with Gasteiger partial charge >= 0.3 is 5.69 Å². The molecular weight excluding hydrogens is 640 g/mol. The van der Waals surface area contributed by atoms with E-state index in [9.17, 15) is 18.8 Å². The average molecular weight is 670 g/mol. The van der Waals surface area contributed by atoms with Gasteiger partial charge in [0.25, 0.3) is 11.5 Å². The SMILES string of the molecule is CC(C)n1cc(C(=O)Nc2ccc(Oc3ccnc4cc(OCCCC#N)c5c(c34)OCCO5)c(F)c2)c(=O)n(-c2ccc(F)cc2)c1=O. The van der Waals surface area contributed by atoms with Crippen molar-refractivity contribution in [2.24, 2.45) is 0 Å². The second kappa shape index (κ2) is 13.9. The molecule has 0 saturated heterocycles. The number of aromatic nitrogens is 3. The molecule has 6 rings (SSSR count). The minimum atomic E-state index is -0.929. The molecule has 1 amide bonds. The van der Waals surface area contributed by atoms with Crippen LogP contribution < -0.4 is 35.5 Å². The maximum absolute atomic E-state index is 15.5. The third-order valence-electron chi connectivity index (χ3n) is 7.54. The van der Waals surface area contributed by atoms with Crippen molar-refractivity contribution in [3.05, 3.63) is 105 Å². The van der Waals surface area contributed by atoms with E-state index in [0.717, 1.165) is 29.0 Å². The van der Waals surface area contributed by atoms with Gasteiger partial charge in [-0.05, 0) is 62.7 Å². The quantitative estimate of drug-likeness (QED) is 0.179. The summed E-state index contributed by atoms with van der Waals surface area (Å²) >= 11 is 0. The van der Waals surface area contributed by atoms with E-state index in [0.29, 0.717) is 41.0 Å². The number of nitrogens with one attached hydrogen (secondary N) is 1. The molecule has 1 aliphatic rings. The van der Waals surface area contributed by atoms with Gasteiger partial charge in [-0.2, -0.15) is 5.26 Å². The standard InChI is InChI=1S/C35H29F2N5O7/c1-20(2)41-19-24(34(44)42(35(41)45)23-8-5-21(36)6-9-23)33(43)40-22-7-10-27(25(37)17-22)49-28-11-13-39-26-18-29(46-14-4-3-12-38)31-32(30(26)28)48-16-15-47-31/h5-11,13,17-20H,3-4,14-16H2,1-2H3,(H,40,43). The molecule has 0 radical (unpaired) electrons. The van der Waals surface area contributed by atoms with E-state index in [2.05, 4.69) is 16.4 Å². The smallest absolute Gasteiger partial charge is 0.335 e. The Morgan fingerprint density at radius 2 is 1.78 bits per heavy atom. The number of benzene rings is 3. The Labute approximate surface area is 277 Å². The molecule has 0 unspecified atom stereocenters. The van der Waals surface area contributed by atoms with E-state index in [1.165, 1.54) is 35.0 Å². The molecule has 49 heavy (non-hydrogen) atoms. The summed E-state index contributed by atoms with van der Waals surface area (Å²) in [6.45, 7) is 4.21. The molecule has 1 aliphatic heterocycles. The summed E-state index contributed by atoms with van der Waals surface area (Å²) in [6, 6.07) is 13.3. The van der Waals surface area contributed by atoms with Crippen LogP contribution in [-0.2, 0) is 0 Å². The van der Waals surface area contributed by atoms with Crippen LogP contribution in [-0.4, -0.2) is 39.8 Å². The third kappa shape index (κ3) is 6.64. The van der Waals surface area contributed by atoms with Crippen LogP contribution in [0.4, 0.5) is 14.5 Å². The number of carbonyl (C=O) groups is 1.